The van der Waals surface area contributed by atoms with Crippen molar-refractivity contribution in [3.8, 4) is 11.5 Å². The van der Waals surface area contributed by atoms with Crippen LogP contribution < -0.4 is 14.8 Å². The van der Waals surface area contributed by atoms with Crippen LogP contribution in [-0.2, 0) is 0 Å². The monoisotopic (exact) mass is 404 g/mol. The minimum Gasteiger partial charge on any atom is -0.484 e. The molecule has 0 bridgehead atoms. The van der Waals surface area contributed by atoms with E-state index in [2.05, 4.69) is 20.4 Å². The minimum atomic E-state index is -0.389. The predicted octanol–water partition coefficient (Wildman–Crippen LogP) is 4.26. The fourth-order valence-corrected chi connectivity index (χ4v) is 4.34. The summed E-state index contributed by atoms with van der Waals surface area (Å²) in [5, 5.41) is 12.3. The van der Waals surface area contributed by atoms with Crippen LogP contribution >= 0.6 is 11.6 Å². The van der Waals surface area contributed by atoms with E-state index in [0.29, 0.717) is 35.0 Å². The minimum absolute atomic E-state index is 0.226. The van der Waals surface area contributed by atoms with Crippen molar-refractivity contribution in [2.24, 2.45) is 5.92 Å². The maximum atomic E-state index is 5.99. The summed E-state index contributed by atoms with van der Waals surface area (Å²) in [5.74, 6) is 2.82. The molecule has 2 aromatic rings. The van der Waals surface area contributed by atoms with Gasteiger partial charge in [0.2, 0.25) is 12.1 Å². The van der Waals surface area contributed by atoms with Gasteiger partial charge in [-0.25, -0.2) is 0 Å². The van der Waals surface area contributed by atoms with E-state index in [9.17, 15) is 0 Å². The molecule has 3 heterocycles. The lowest BCUT2D eigenvalue weighted by molar-refractivity contribution is 0.0844. The average Bonchev–Trinajstić information content (AvgIpc) is 3.13. The second kappa shape index (κ2) is 7.79. The summed E-state index contributed by atoms with van der Waals surface area (Å²) in [6.45, 7) is 2.60. The van der Waals surface area contributed by atoms with E-state index in [1.165, 1.54) is 32.1 Å². The van der Waals surface area contributed by atoms with E-state index < -0.39 is 0 Å². The number of rotatable bonds is 5. The highest BCUT2D eigenvalue weighted by Crippen LogP contribution is 2.36. The molecule has 5 rings (SSSR count). The molecule has 150 valence electrons. The fraction of sp³-hybridized carbons (Fsp3) is 0.600. The van der Waals surface area contributed by atoms with Gasteiger partial charge in [0.15, 0.2) is 11.5 Å². The number of ether oxygens (including phenoxy) is 2. The number of piperidine rings is 1. The largest absolute Gasteiger partial charge is 0.484 e. The molecule has 2 fully saturated rings. The molecule has 0 radical (unpaired) electrons. The van der Waals surface area contributed by atoms with Crippen LogP contribution in [0.25, 0.3) is 0 Å². The predicted molar refractivity (Wildman–Crippen MR) is 105 cm³/mol. The summed E-state index contributed by atoms with van der Waals surface area (Å²) in [6, 6.07) is 5.92. The molecular weight excluding hydrogens is 380 g/mol. The maximum Gasteiger partial charge on any atom is 0.318 e. The van der Waals surface area contributed by atoms with E-state index in [1.807, 2.05) is 0 Å². The Labute approximate surface area is 169 Å². The molecule has 2 atom stereocenters. The highest BCUT2D eigenvalue weighted by molar-refractivity contribution is 6.30. The van der Waals surface area contributed by atoms with Crippen molar-refractivity contribution in [2.45, 2.75) is 50.8 Å². The van der Waals surface area contributed by atoms with Gasteiger partial charge in [0.25, 0.3) is 0 Å². The lowest BCUT2D eigenvalue weighted by Crippen LogP contribution is -2.38. The molecule has 1 aliphatic carbocycles. The number of fused-ring (bicyclic) bond motifs is 1. The third-order valence-electron chi connectivity index (χ3n) is 5.91. The molecule has 8 heteroatoms. The van der Waals surface area contributed by atoms with Crippen LogP contribution in [0.3, 0.4) is 0 Å². The van der Waals surface area contributed by atoms with Gasteiger partial charge in [0, 0.05) is 17.6 Å². The lowest BCUT2D eigenvalue weighted by Gasteiger charge is -2.38. The average molecular weight is 405 g/mol. The Hall–Kier alpha value is -1.99. The summed E-state index contributed by atoms with van der Waals surface area (Å²) < 4.78 is 17.6. The molecule has 1 aromatic carbocycles. The van der Waals surface area contributed by atoms with Gasteiger partial charge in [0.05, 0.1) is 6.04 Å². The van der Waals surface area contributed by atoms with Gasteiger partial charge in [0.1, 0.15) is 6.61 Å². The summed E-state index contributed by atoms with van der Waals surface area (Å²) >= 11 is 5.99. The van der Waals surface area contributed by atoms with Crippen LogP contribution in [-0.4, -0.2) is 41.0 Å². The number of aromatic nitrogens is 2. The van der Waals surface area contributed by atoms with Crippen molar-refractivity contribution in [3.63, 3.8) is 0 Å². The molecule has 1 saturated carbocycles. The number of nitrogens with zero attached hydrogens (tertiary/aromatic N) is 3. The second-order valence-corrected chi connectivity index (χ2v) is 8.34. The van der Waals surface area contributed by atoms with Crippen LogP contribution in [0.1, 0.15) is 50.5 Å². The van der Waals surface area contributed by atoms with Crippen LogP contribution in [0, 0.1) is 5.92 Å². The van der Waals surface area contributed by atoms with Crippen molar-refractivity contribution in [1.29, 1.82) is 0 Å². The Morgan fingerprint density at radius 2 is 2.04 bits per heavy atom. The summed E-state index contributed by atoms with van der Waals surface area (Å²) in [4.78, 5) is 2.53. The zero-order valence-corrected chi connectivity index (χ0v) is 16.5. The number of hydrogen-bond donors (Lipinski definition) is 1. The first-order valence-electron chi connectivity index (χ1n) is 10.2. The standard InChI is InChI=1S/C20H25ClN4O3/c21-14-7-8-16-17(10-14)26-12-18(27-16)22-20-24-23-19(28-20)15-6-1-2-9-25(15)11-13-4-3-5-13/h7-8,10,13,15,18H,1-6,9,11-12H2,(H,22,24). The molecule has 0 amide bonds. The van der Waals surface area contributed by atoms with Gasteiger partial charge in [-0.3, -0.25) is 10.2 Å². The smallest absolute Gasteiger partial charge is 0.318 e. The number of anilines is 1. The Kier molecular flexibility index (Phi) is 5.03. The van der Waals surface area contributed by atoms with Crippen LogP contribution in [0.15, 0.2) is 22.6 Å². The number of halogens is 1. The Bertz CT molecular complexity index is 826. The van der Waals surface area contributed by atoms with Gasteiger partial charge >= 0.3 is 6.01 Å². The lowest BCUT2D eigenvalue weighted by atomic mass is 9.84. The normalized spacial score (nSPS) is 25.3. The third-order valence-corrected chi connectivity index (χ3v) is 6.14. The number of likely N-dealkylation sites (tertiary alicyclic amines) is 1. The van der Waals surface area contributed by atoms with Crippen molar-refractivity contribution >= 4 is 17.6 Å². The molecule has 1 aromatic heterocycles. The van der Waals surface area contributed by atoms with Crippen molar-refractivity contribution in [1.82, 2.24) is 15.1 Å². The van der Waals surface area contributed by atoms with Gasteiger partial charge in [-0.15, -0.1) is 5.10 Å². The van der Waals surface area contributed by atoms with Gasteiger partial charge in [-0.1, -0.05) is 29.5 Å². The molecule has 1 saturated heterocycles. The summed E-state index contributed by atoms with van der Waals surface area (Å²) in [7, 11) is 0. The second-order valence-electron chi connectivity index (χ2n) is 7.90. The molecule has 28 heavy (non-hydrogen) atoms. The van der Waals surface area contributed by atoms with Gasteiger partial charge in [-0.05, 0) is 50.3 Å². The van der Waals surface area contributed by atoms with E-state index in [1.54, 1.807) is 18.2 Å². The van der Waals surface area contributed by atoms with E-state index in [-0.39, 0.29) is 12.3 Å². The Morgan fingerprint density at radius 3 is 2.89 bits per heavy atom. The molecular formula is C20H25ClN4O3. The topological polar surface area (TPSA) is 72.7 Å². The number of hydrogen-bond acceptors (Lipinski definition) is 7. The van der Waals surface area contributed by atoms with Crippen LogP contribution in [0.4, 0.5) is 6.01 Å². The van der Waals surface area contributed by atoms with Gasteiger partial charge in [-0.2, -0.15) is 0 Å². The number of benzene rings is 1. The summed E-state index contributed by atoms with van der Waals surface area (Å²) in [5.41, 5.74) is 0. The molecule has 3 aliphatic rings. The molecule has 2 unspecified atom stereocenters. The zero-order chi connectivity index (χ0) is 18.9. The zero-order valence-electron chi connectivity index (χ0n) is 15.8. The highest BCUT2D eigenvalue weighted by Gasteiger charge is 2.32. The molecule has 1 N–H and O–H groups in total. The first-order valence-corrected chi connectivity index (χ1v) is 10.6. The van der Waals surface area contributed by atoms with Crippen molar-refractivity contribution in [3.05, 3.63) is 29.1 Å². The SMILES string of the molecule is Clc1ccc2c(c1)OCC(Nc1nnc(C3CCCCN3CC3CCC3)o1)O2. The van der Waals surface area contributed by atoms with Crippen molar-refractivity contribution in [2.75, 3.05) is 25.0 Å². The fourth-order valence-electron chi connectivity index (χ4n) is 4.18. The molecule has 0 spiro atoms. The third kappa shape index (κ3) is 3.78. The first kappa shape index (κ1) is 18.1. The van der Waals surface area contributed by atoms with Gasteiger partial charge < -0.3 is 13.9 Å². The maximum absolute atomic E-state index is 5.99. The Morgan fingerprint density at radius 1 is 1.11 bits per heavy atom. The Balaban J connectivity index is 1.23. The first-order chi connectivity index (χ1) is 13.7. The highest BCUT2D eigenvalue weighted by atomic mass is 35.5. The van der Waals surface area contributed by atoms with E-state index >= 15 is 0 Å². The van der Waals surface area contributed by atoms with E-state index in [4.69, 9.17) is 25.5 Å². The van der Waals surface area contributed by atoms with E-state index in [0.717, 1.165) is 25.4 Å². The van der Waals surface area contributed by atoms with Crippen molar-refractivity contribution < 1.29 is 13.9 Å². The van der Waals surface area contributed by atoms with Crippen LogP contribution in [0.2, 0.25) is 5.02 Å². The number of nitrogens with one attached hydrogen (secondary N) is 1. The van der Waals surface area contributed by atoms with Crippen LogP contribution in [0.5, 0.6) is 11.5 Å². The summed E-state index contributed by atoms with van der Waals surface area (Å²) in [6.07, 6.45) is 7.22. The molecule has 2 aliphatic heterocycles. The quantitative estimate of drug-likeness (QED) is 0.798. The molecule has 7 nitrogen and oxygen atoms in total.